The lowest BCUT2D eigenvalue weighted by Gasteiger charge is -2.27. The molecule has 0 aliphatic carbocycles. The molecular weight excluding hydrogens is 382 g/mol. The third-order valence-corrected chi connectivity index (χ3v) is 5.81. The molecule has 2 aromatic carbocycles. The third kappa shape index (κ3) is 3.24. The summed E-state index contributed by atoms with van der Waals surface area (Å²) in [6.07, 6.45) is -1.07. The first-order valence-corrected chi connectivity index (χ1v) is 9.09. The van der Waals surface area contributed by atoms with E-state index in [0.717, 1.165) is 10.0 Å². The second-order valence-corrected chi connectivity index (χ2v) is 7.68. The third-order valence-electron chi connectivity index (χ3n) is 3.44. The van der Waals surface area contributed by atoms with Crippen LogP contribution in [0.1, 0.15) is 5.56 Å². The molecule has 0 aromatic heterocycles. The molecule has 0 fully saturated rings. The van der Waals surface area contributed by atoms with Crippen molar-refractivity contribution in [3.63, 3.8) is 0 Å². The van der Waals surface area contributed by atoms with Gasteiger partial charge in [-0.2, -0.15) is 4.72 Å². The molecular formula is C15H14BrN3O3S. The number of hydrogen-bond donors (Lipinski definition) is 3. The average molecular weight is 396 g/mol. The maximum Gasteiger partial charge on any atom is 0.262 e. The number of benzene rings is 2. The van der Waals surface area contributed by atoms with Gasteiger partial charge in [0.15, 0.2) is 6.17 Å². The smallest absolute Gasteiger partial charge is 0.262 e. The number of carbonyl (C=O) groups excluding carboxylic acids is 1. The van der Waals surface area contributed by atoms with Crippen LogP contribution in [-0.4, -0.2) is 20.5 Å². The molecule has 1 heterocycles. The molecule has 0 radical (unpaired) electrons. The summed E-state index contributed by atoms with van der Waals surface area (Å²) in [5.41, 5.74) is 1.96. The summed E-state index contributed by atoms with van der Waals surface area (Å²) < 4.78 is 27.7. The molecule has 0 saturated heterocycles. The fourth-order valence-corrected chi connectivity index (χ4v) is 3.80. The summed E-state index contributed by atoms with van der Waals surface area (Å²) in [4.78, 5) is 12.5. The lowest BCUT2D eigenvalue weighted by molar-refractivity contribution is -0.117. The number of rotatable bonds is 2. The standard InChI is InChI=1S/C15H14BrN3O3S/c1-9-8-10(6-7-11(9)16)17-15(20)14-18-12-4-2-3-5-13(12)23(21,22)19-14/h2-8,14,18-19H,1H3,(H,17,20)/t14-/m1/s1. The Kier molecular flexibility index (Phi) is 4.13. The van der Waals surface area contributed by atoms with Crippen molar-refractivity contribution in [2.75, 3.05) is 10.6 Å². The Hall–Kier alpha value is -1.90. The van der Waals surface area contributed by atoms with E-state index < -0.39 is 22.1 Å². The van der Waals surface area contributed by atoms with E-state index >= 15 is 0 Å². The van der Waals surface area contributed by atoms with Crippen LogP contribution in [0, 0.1) is 6.92 Å². The molecule has 0 saturated carbocycles. The van der Waals surface area contributed by atoms with Gasteiger partial charge in [-0.05, 0) is 42.8 Å². The SMILES string of the molecule is Cc1cc(NC(=O)[C@@H]2Nc3ccccc3S(=O)(=O)N2)ccc1Br. The summed E-state index contributed by atoms with van der Waals surface area (Å²) in [6.45, 7) is 1.90. The number of carbonyl (C=O) groups is 1. The molecule has 3 rings (SSSR count). The Morgan fingerprint density at radius 3 is 2.70 bits per heavy atom. The van der Waals surface area contributed by atoms with E-state index in [0.29, 0.717) is 11.4 Å². The maximum atomic E-state index is 12.3. The van der Waals surface area contributed by atoms with E-state index in [9.17, 15) is 13.2 Å². The number of nitrogens with one attached hydrogen (secondary N) is 3. The molecule has 1 aliphatic heterocycles. The number of amides is 1. The van der Waals surface area contributed by atoms with Crippen LogP contribution in [0.2, 0.25) is 0 Å². The zero-order valence-corrected chi connectivity index (χ0v) is 14.5. The molecule has 120 valence electrons. The van der Waals surface area contributed by atoms with Crippen LogP contribution in [0.15, 0.2) is 51.8 Å². The van der Waals surface area contributed by atoms with Crippen molar-refractivity contribution < 1.29 is 13.2 Å². The van der Waals surface area contributed by atoms with Crippen LogP contribution in [0.5, 0.6) is 0 Å². The van der Waals surface area contributed by atoms with Gasteiger partial charge in [-0.15, -0.1) is 0 Å². The van der Waals surface area contributed by atoms with Crippen molar-refractivity contribution in [3.8, 4) is 0 Å². The number of para-hydroxylation sites is 1. The Balaban J connectivity index is 1.83. The molecule has 0 bridgehead atoms. The number of aryl methyl sites for hydroxylation is 1. The molecule has 1 amide bonds. The summed E-state index contributed by atoms with van der Waals surface area (Å²) in [5.74, 6) is -0.482. The van der Waals surface area contributed by atoms with E-state index in [1.807, 2.05) is 13.0 Å². The molecule has 23 heavy (non-hydrogen) atoms. The summed E-state index contributed by atoms with van der Waals surface area (Å²) in [5, 5.41) is 5.59. The van der Waals surface area contributed by atoms with E-state index in [1.165, 1.54) is 6.07 Å². The van der Waals surface area contributed by atoms with E-state index in [-0.39, 0.29) is 4.90 Å². The van der Waals surface area contributed by atoms with Gasteiger partial charge in [0, 0.05) is 10.2 Å². The predicted octanol–water partition coefficient (Wildman–Crippen LogP) is 2.43. The molecule has 3 N–H and O–H groups in total. The van der Waals surface area contributed by atoms with Crippen LogP contribution >= 0.6 is 15.9 Å². The van der Waals surface area contributed by atoms with E-state index in [1.54, 1.807) is 30.3 Å². The van der Waals surface area contributed by atoms with E-state index in [2.05, 4.69) is 31.3 Å². The molecule has 1 atom stereocenters. The molecule has 0 spiro atoms. The lowest BCUT2D eigenvalue weighted by Crippen LogP contribution is -2.51. The number of hydrogen-bond acceptors (Lipinski definition) is 4. The zero-order chi connectivity index (χ0) is 16.6. The van der Waals surface area contributed by atoms with Crippen LogP contribution in [-0.2, 0) is 14.8 Å². The van der Waals surface area contributed by atoms with Gasteiger partial charge < -0.3 is 10.6 Å². The summed E-state index contributed by atoms with van der Waals surface area (Å²) in [6, 6.07) is 11.8. The van der Waals surface area contributed by atoms with Gasteiger partial charge in [-0.3, -0.25) is 4.79 Å². The average Bonchev–Trinajstić information content (AvgIpc) is 2.50. The highest BCUT2D eigenvalue weighted by Gasteiger charge is 2.32. The Morgan fingerprint density at radius 1 is 1.22 bits per heavy atom. The fourth-order valence-electron chi connectivity index (χ4n) is 2.28. The summed E-state index contributed by atoms with van der Waals surface area (Å²) in [7, 11) is -3.72. The highest BCUT2D eigenvalue weighted by Crippen LogP contribution is 2.26. The van der Waals surface area contributed by atoms with E-state index in [4.69, 9.17) is 0 Å². The second kappa shape index (κ2) is 5.95. The van der Waals surface area contributed by atoms with Gasteiger partial charge in [0.1, 0.15) is 4.90 Å². The second-order valence-electron chi connectivity index (χ2n) is 5.15. The Bertz CT molecular complexity index is 883. The minimum Gasteiger partial charge on any atom is -0.360 e. The molecule has 8 heteroatoms. The fraction of sp³-hybridized carbons (Fsp3) is 0.133. The summed E-state index contributed by atoms with van der Waals surface area (Å²) >= 11 is 3.39. The Labute approximate surface area is 142 Å². The van der Waals surface area contributed by atoms with Crippen molar-refractivity contribution in [2.24, 2.45) is 0 Å². The van der Waals surface area contributed by atoms with Gasteiger partial charge in [-0.1, -0.05) is 28.1 Å². The van der Waals surface area contributed by atoms with Crippen LogP contribution in [0.3, 0.4) is 0 Å². The highest BCUT2D eigenvalue weighted by molar-refractivity contribution is 9.10. The number of fused-ring (bicyclic) bond motifs is 1. The first-order chi connectivity index (χ1) is 10.9. The number of anilines is 2. The van der Waals surface area contributed by atoms with Crippen LogP contribution in [0.4, 0.5) is 11.4 Å². The van der Waals surface area contributed by atoms with Crippen LogP contribution in [0.25, 0.3) is 0 Å². The minimum atomic E-state index is -3.72. The topological polar surface area (TPSA) is 87.3 Å². The first-order valence-electron chi connectivity index (χ1n) is 6.82. The predicted molar refractivity (Wildman–Crippen MR) is 91.7 cm³/mol. The largest absolute Gasteiger partial charge is 0.360 e. The number of halogens is 1. The van der Waals surface area contributed by atoms with Gasteiger partial charge in [0.2, 0.25) is 10.0 Å². The van der Waals surface area contributed by atoms with Gasteiger partial charge in [0.05, 0.1) is 5.69 Å². The molecule has 1 aliphatic rings. The first kappa shape index (κ1) is 16.0. The Morgan fingerprint density at radius 2 is 1.96 bits per heavy atom. The van der Waals surface area contributed by atoms with Gasteiger partial charge in [-0.25, -0.2) is 8.42 Å². The van der Waals surface area contributed by atoms with Crippen molar-refractivity contribution in [1.82, 2.24) is 4.72 Å². The molecule has 6 nitrogen and oxygen atoms in total. The quantitative estimate of drug-likeness (QED) is 0.728. The van der Waals surface area contributed by atoms with Gasteiger partial charge >= 0.3 is 0 Å². The monoisotopic (exact) mass is 395 g/mol. The highest BCUT2D eigenvalue weighted by atomic mass is 79.9. The molecule has 0 unspecified atom stereocenters. The van der Waals surface area contributed by atoms with Crippen molar-refractivity contribution in [3.05, 3.63) is 52.5 Å². The van der Waals surface area contributed by atoms with Crippen LogP contribution < -0.4 is 15.4 Å². The van der Waals surface area contributed by atoms with Crippen molar-refractivity contribution >= 4 is 43.2 Å². The lowest BCUT2D eigenvalue weighted by atomic mass is 10.2. The maximum absolute atomic E-state index is 12.3. The normalized spacial score (nSPS) is 18.6. The van der Waals surface area contributed by atoms with Gasteiger partial charge in [0.25, 0.3) is 5.91 Å². The van der Waals surface area contributed by atoms with Crippen molar-refractivity contribution in [2.45, 2.75) is 18.0 Å². The number of sulfonamides is 1. The minimum absolute atomic E-state index is 0.128. The zero-order valence-electron chi connectivity index (χ0n) is 12.1. The molecule has 2 aromatic rings. The van der Waals surface area contributed by atoms with Crippen molar-refractivity contribution in [1.29, 1.82) is 0 Å².